The number of carbonyl (C=O) groups is 2. The van der Waals surface area contributed by atoms with E-state index in [0.717, 1.165) is 44.9 Å². The molecule has 0 fully saturated rings. The van der Waals surface area contributed by atoms with Crippen molar-refractivity contribution in [3.8, 4) is 0 Å². The summed E-state index contributed by atoms with van der Waals surface area (Å²) in [5.41, 5.74) is 0. The molecule has 0 aromatic rings. The number of hydrogen-bond acceptors (Lipinski definition) is 5. The van der Waals surface area contributed by atoms with E-state index >= 15 is 0 Å². The first-order valence-electron chi connectivity index (χ1n) is 36.8. The molecule has 0 rings (SSSR count). The van der Waals surface area contributed by atoms with Gasteiger partial charge in [0.2, 0.25) is 5.91 Å². The van der Waals surface area contributed by atoms with Crippen LogP contribution in [0.3, 0.4) is 0 Å². The molecule has 81 heavy (non-hydrogen) atoms. The van der Waals surface area contributed by atoms with Crippen molar-refractivity contribution in [1.82, 2.24) is 5.32 Å². The van der Waals surface area contributed by atoms with Crippen LogP contribution in [0, 0.1) is 0 Å². The minimum absolute atomic E-state index is 0.0129. The van der Waals surface area contributed by atoms with E-state index in [-0.39, 0.29) is 18.5 Å². The zero-order valence-electron chi connectivity index (χ0n) is 54.8. The Hall–Kier alpha value is -1.92. The highest BCUT2D eigenvalue weighted by atomic mass is 16.5. The lowest BCUT2D eigenvalue weighted by Gasteiger charge is -2.20. The van der Waals surface area contributed by atoms with Gasteiger partial charge in [0.05, 0.1) is 25.4 Å². The maximum absolute atomic E-state index is 12.5. The molecule has 0 aliphatic rings. The number of aliphatic hydroxyl groups is 2. The van der Waals surface area contributed by atoms with Gasteiger partial charge in [0.15, 0.2) is 0 Å². The molecule has 6 nitrogen and oxygen atoms in total. The van der Waals surface area contributed by atoms with Gasteiger partial charge in [0, 0.05) is 12.8 Å². The van der Waals surface area contributed by atoms with Crippen molar-refractivity contribution in [3.63, 3.8) is 0 Å². The molecule has 2 unspecified atom stereocenters. The molecule has 0 aliphatic carbocycles. The van der Waals surface area contributed by atoms with Gasteiger partial charge in [-0.25, -0.2) is 0 Å². The number of hydrogen-bond donors (Lipinski definition) is 3. The molecule has 0 aromatic heterocycles. The highest BCUT2D eigenvalue weighted by Gasteiger charge is 2.18. The minimum atomic E-state index is -0.847. The van der Waals surface area contributed by atoms with Crippen LogP contribution < -0.4 is 5.32 Å². The quantitative estimate of drug-likeness (QED) is 0.0320. The lowest BCUT2D eigenvalue weighted by atomic mass is 10.0. The van der Waals surface area contributed by atoms with Crippen LogP contribution in [0.1, 0.15) is 406 Å². The summed E-state index contributed by atoms with van der Waals surface area (Å²) in [7, 11) is 0. The fourth-order valence-electron chi connectivity index (χ4n) is 11.6. The Kier molecular flexibility index (Phi) is 68.9. The van der Waals surface area contributed by atoms with E-state index in [2.05, 4.69) is 43.5 Å². The fourth-order valence-corrected chi connectivity index (χ4v) is 11.6. The normalized spacial score (nSPS) is 12.7. The van der Waals surface area contributed by atoms with Crippen molar-refractivity contribution in [3.05, 3.63) is 36.5 Å². The number of unbranched alkanes of at least 4 members (excludes halogenated alkanes) is 54. The zero-order chi connectivity index (χ0) is 58.5. The van der Waals surface area contributed by atoms with E-state index in [9.17, 15) is 19.8 Å². The van der Waals surface area contributed by atoms with Crippen LogP contribution in [0.4, 0.5) is 0 Å². The predicted molar refractivity (Wildman–Crippen MR) is 356 cm³/mol. The van der Waals surface area contributed by atoms with Crippen LogP contribution >= 0.6 is 0 Å². The molecule has 2 atom stereocenters. The van der Waals surface area contributed by atoms with Gasteiger partial charge in [-0.15, -0.1) is 0 Å². The van der Waals surface area contributed by atoms with Crippen LogP contribution in [0.5, 0.6) is 0 Å². The summed E-state index contributed by atoms with van der Waals surface area (Å²) in [5.74, 6) is -0.0519. The van der Waals surface area contributed by atoms with Gasteiger partial charge in [0.25, 0.3) is 0 Å². The largest absolute Gasteiger partial charge is 0.466 e. The molecular formula is C75H143NO5. The SMILES string of the molecule is CCCCCCCCCCCCCCCCCCCCCCC/C=C/C(O)C(CO)NC(=O)CCCCCCCCCCCCCCC/C=C\C/C=C\CCCCCCCCCCCOC(=O)CCCCCCCCCCCCCC. The topological polar surface area (TPSA) is 95.9 Å². The van der Waals surface area contributed by atoms with Crippen molar-refractivity contribution < 1.29 is 24.5 Å². The van der Waals surface area contributed by atoms with Gasteiger partial charge in [-0.1, -0.05) is 365 Å². The van der Waals surface area contributed by atoms with E-state index < -0.39 is 12.1 Å². The fraction of sp³-hybridized carbons (Fsp3) is 0.893. The molecule has 0 radical (unpaired) electrons. The Morgan fingerprint density at radius 1 is 0.346 bits per heavy atom. The van der Waals surface area contributed by atoms with Crippen LogP contribution in [0.25, 0.3) is 0 Å². The van der Waals surface area contributed by atoms with Crippen molar-refractivity contribution in [2.24, 2.45) is 0 Å². The second-order valence-corrected chi connectivity index (χ2v) is 25.3. The molecule has 0 saturated heterocycles. The number of ether oxygens (including phenoxy) is 1. The summed E-state index contributed by atoms with van der Waals surface area (Å²) in [6, 6.07) is -0.630. The third-order valence-electron chi connectivity index (χ3n) is 17.2. The maximum Gasteiger partial charge on any atom is 0.305 e. The molecule has 6 heteroatoms. The lowest BCUT2D eigenvalue weighted by molar-refractivity contribution is -0.143. The third kappa shape index (κ3) is 67.1. The number of amides is 1. The van der Waals surface area contributed by atoms with Crippen molar-refractivity contribution in [1.29, 1.82) is 0 Å². The second-order valence-electron chi connectivity index (χ2n) is 25.3. The van der Waals surface area contributed by atoms with Crippen LogP contribution in [0.2, 0.25) is 0 Å². The van der Waals surface area contributed by atoms with E-state index in [1.165, 1.54) is 334 Å². The number of rotatable bonds is 69. The molecule has 0 spiro atoms. The summed E-state index contributed by atoms with van der Waals surface area (Å²) in [4.78, 5) is 24.6. The van der Waals surface area contributed by atoms with Gasteiger partial charge in [-0.05, 0) is 64.2 Å². The predicted octanol–water partition coefficient (Wildman–Crippen LogP) is 23.9. The van der Waals surface area contributed by atoms with Crippen molar-refractivity contribution in [2.45, 2.75) is 418 Å². The number of nitrogens with one attached hydrogen (secondary N) is 1. The van der Waals surface area contributed by atoms with Crippen LogP contribution in [-0.2, 0) is 14.3 Å². The summed E-state index contributed by atoms with van der Waals surface area (Å²) in [6.07, 6.45) is 90.9. The third-order valence-corrected chi connectivity index (χ3v) is 17.2. The van der Waals surface area contributed by atoms with E-state index in [1.807, 2.05) is 6.08 Å². The molecule has 0 heterocycles. The smallest absolute Gasteiger partial charge is 0.305 e. The molecule has 3 N–H and O–H groups in total. The van der Waals surface area contributed by atoms with Crippen molar-refractivity contribution >= 4 is 11.9 Å². The first-order valence-corrected chi connectivity index (χ1v) is 36.8. The summed E-state index contributed by atoms with van der Waals surface area (Å²) >= 11 is 0. The van der Waals surface area contributed by atoms with Crippen LogP contribution in [0.15, 0.2) is 36.5 Å². The Labute approximate surface area is 506 Å². The Bertz CT molecular complexity index is 1310. The summed E-state index contributed by atoms with van der Waals surface area (Å²) in [6.45, 7) is 4.94. The van der Waals surface area contributed by atoms with Crippen molar-refractivity contribution in [2.75, 3.05) is 13.2 Å². The van der Waals surface area contributed by atoms with Gasteiger partial charge in [0.1, 0.15) is 0 Å². The number of carbonyl (C=O) groups excluding carboxylic acids is 2. The molecular weight excluding hydrogens is 995 g/mol. The van der Waals surface area contributed by atoms with E-state index in [4.69, 9.17) is 4.74 Å². The average Bonchev–Trinajstić information content (AvgIpc) is 3.47. The second kappa shape index (κ2) is 70.6. The van der Waals surface area contributed by atoms with Crippen LogP contribution in [-0.4, -0.2) is 47.4 Å². The Morgan fingerprint density at radius 2 is 0.617 bits per heavy atom. The summed E-state index contributed by atoms with van der Waals surface area (Å²) < 4.78 is 5.48. The molecule has 478 valence electrons. The van der Waals surface area contributed by atoms with Gasteiger partial charge >= 0.3 is 5.97 Å². The Balaban J connectivity index is 3.43. The van der Waals surface area contributed by atoms with E-state index in [0.29, 0.717) is 19.4 Å². The zero-order valence-corrected chi connectivity index (χ0v) is 54.8. The first kappa shape index (κ1) is 79.1. The first-order chi connectivity index (χ1) is 40.0. The highest BCUT2D eigenvalue weighted by molar-refractivity contribution is 5.76. The van der Waals surface area contributed by atoms with Gasteiger partial charge < -0.3 is 20.3 Å². The lowest BCUT2D eigenvalue weighted by Crippen LogP contribution is -2.45. The number of allylic oxidation sites excluding steroid dienone is 5. The highest BCUT2D eigenvalue weighted by Crippen LogP contribution is 2.19. The molecule has 0 aromatic carbocycles. The molecule has 0 bridgehead atoms. The average molecular weight is 1140 g/mol. The summed E-state index contributed by atoms with van der Waals surface area (Å²) in [5, 5.41) is 23.3. The van der Waals surface area contributed by atoms with Gasteiger partial charge in [-0.2, -0.15) is 0 Å². The van der Waals surface area contributed by atoms with E-state index in [1.54, 1.807) is 6.08 Å². The Morgan fingerprint density at radius 3 is 0.938 bits per heavy atom. The van der Waals surface area contributed by atoms with Gasteiger partial charge in [-0.3, -0.25) is 9.59 Å². The molecule has 0 aliphatic heterocycles. The molecule has 1 amide bonds. The minimum Gasteiger partial charge on any atom is -0.466 e. The maximum atomic E-state index is 12.5. The standard InChI is InChI=1S/C75H143NO5/c1-3-5-7-9-11-13-15-17-18-19-20-21-29-32-35-38-41-44-47-51-55-59-63-67-73(78)72(71-77)76-74(79)68-64-60-56-52-48-45-42-39-36-33-30-27-25-23-22-24-26-28-31-34-37-40-43-46-50-54-58-62-66-70-81-75(80)69-65-61-57-53-49-16-14-12-10-8-6-4-2/h22,24,28,31,63,67,72-73,77-78H,3-21,23,25-27,29-30,32-62,64-66,68-71H2,1-2H3,(H,76,79)/b24-22-,31-28-,67-63+. The molecule has 0 saturated carbocycles. The number of esters is 1. The monoisotopic (exact) mass is 1140 g/mol. The number of aliphatic hydroxyl groups excluding tert-OH is 2.